The zero-order chi connectivity index (χ0) is 17.3. The molecule has 1 aliphatic rings. The fourth-order valence-corrected chi connectivity index (χ4v) is 4.82. The topological polar surface area (TPSA) is 35.1 Å². The minimum absolute atomic E-state index is 0.245. The van der Waals surface area contributed by atoms with E-state index in [1.807, 2.05) is 20.8 Å². The predicted molar refractivity (Wildman–Crippen MR) is 89.7 cm³/mol. The van der Waals surface area contributed by atoms with Crippen LogP contribution in [0, 0.1) is 5.92 Å². The van der Waals surface area contributed by atoms with Crippen molar-refractivity contribution in [1.82, 2.24) is 4.72 Å². The Morgan fingerprint density at radius 1 is 1.17 bits per heavy atom. The smallest absolute Gasteiger partial charge is 0.425 e. The summed E-state index contributed by atoms with van der Waals surface area (Å²) in [6, 6.07) is 2.41. The van der Waals surface area contributed by atoms with Gasteiger partial charge in [-0.2, -0.15) is 13.2 Å². The molecule has 1 aliphatic carbocycles. The zero-order valence-electron chi connectivity index (χ0n) is 13.7. The second-order valence-corrected chi connectivity index (χ2v) is 10.2. The highest BCUT2D eigenvalue weighted by Crippen LogP contribution is 2.42. The van der Waals surface area contributed by atoms with Gasteiger partial charge in [0.15, 0.2) is 0 Å². The largest absolute Gasteiger partial charge is 0.598 e. The second-order valence-electron chi connectivity index (χ2n) is 7.07. The highest BCUT2D eigenvalue weighted by atomic mass is 32.2. The molecule has 23 heavy (non-hydrogen) atoms. The normalized spacial score (nSPS) is 20.5. The average Bonchev–Trinajstić information content (AvgIpc) is 2.94. The summed E-state index contributed by atoms with van der Waals surface area (Å²) in [5, 5.41) is 0. The monoisotopic (exact) mass is 367 g/mol. The molecule has 2 rings (SSSR count). The van der Waals surface area contributed by atoms with E-state index in [1.54, 1.807) is 6.07 Å². The molecule has 0 bridgehead atoms. The summed E-state index contributed by atoms with van der Waals surface area (Å²) in [5.74, 6) is 0.245. The van der Waals surface area contributed by atoms with Gasteiger partial charge in [0.05, 0.1) is 6.04 Å². The van der Waals surface area contributed by atoms with Crippen molar-refractivity contribution in [3.05, 3.63) is 21.9 Å². The Bertz CT molecular complexity index is 504. The van der Waals surface area contributed by atoms with Crippen LogP contribution in [0.1, 0.15) is 68.7 Å². The molecule has 1 aromatic rings. The van der Waals surface area contributed by atoms with Gasteiger partial charge < -0.3 is 4.55 Å². The van der Waals surface area contributed by atoms with Gasteiger partial charge in [0.1, 0.15) is 9.62 Å². The van der Waals surface area contributed by atoms with E-state index in [0.29, 0.717) is 4.88 Å². The Labute approximate surface area is 143 Å². The molecule has 0 aliphatic heterocycles. The van der Waals surface area contributed by atoms with Gasteiger partial charge in [0, 0.05) is 16.2 Å². The number of hydrogen-bond donors (Lipinski definition) is 1. The molecule has 0 saturated heterocycles. The SMILES string of the molecule is CC(C)(C)[S@+]([O-])N[C@H](c1ccc(C(F)(F)F)s1)C1CCCCC1. The van der Waals surface area contributed by atoms with Crippen LogP contribution in [0.25, 0.3) is 0 Å². The molecule has 0 amide bonds. The van der Waals surface area contributed by atoms with Crippen molar-refractivity contribution in [2.75, 3.05) is 0 Å². The first kappa shape index (κ1) is 19.1. The van der Waals surface area contributed by atoms with Crippen LogP contribution >= 0.6 is 11.3 Å². The summed E-state index contributed by atoms with van der Waals surface area (Å²) in [7, 11) is 0. The zero-order valence-corrected chi connectivity index (χ0v) is 15.3. The molecule has 0 spiro atoms. The molecule has 0 aromatic carbocycles. The molecule has 2 nitrogen and oxygen atoms in total. The van der Waals surface area contributed by atoms with E-state index in [0.717, 1.165) is 43.1 Å². The lowest BCUT2D eigenvalue weighted by atomic mass is 9.84. The Morgan fingerprint density at radius 2 is 1.78 bits per heavy atom. The average molecular weight is 368 g/mol. The van der Waals surface area contributed by atoms with Gasteiger partial charge in [-0.05, 0) is 51.7 Å². The summed E-state index contributed by atoms with van der Waals surface area (Å²) in [6.45, 7) is 5.59. The van der Waals surface area contributed by atoms with E-state index in [2.05, 4.69) is 4.72 Å². The van der Waals surface area contributed by atoms with Crippen LogP contribution in [0.5, 0.6) is 0 Å². The Balaban J connectivity index is 2.23. The maximum atomic E-state index is 12.9. The van der Waals surface area contributed by atoms with Gasteiger partial charge in [-0.3, -0.25) is 0 Å². The molecular formula is C16H24F3NOS2. The number of hydrogen-bond acceptors (Lipinski definition) is 3. The summed E-state index contributed by atoms with van der Waals surface area (Å²) < 4.78 is 53.8. The van der Waals surface area contributed by atoms with Gasteiger partial charge in [0.2, 0.25) is 0 Å². The van der Waals surface area contributed by atoms with E-state index in [4.69, 9.17) is 0 Å². The van der Waals surface area contributed by atoms with Crippen LogP contribution in [0.3, 0.4) is 0 Å². The van der Waals surface area contributed by atoms with Crippen molar-refractivity contribution >= 4 is 22.7 Å². The lowest BCUT2D eigenvalue weighted by molar-refractivity contribution is -0.134. The molecular weight excluding hydrogens is 343 g/mol. The van der Waals surface area contributed by atoms with Crippen molar-refractivity contribution in [3.8, 4) is 0 Å². The van der Waals surface area contributed by atoms with E-state index < -0.39 is 27.2 Å². The van der Waals surface area contributed by atoms with Gasteiger partial charge in [0.25, 0.3) is 0 Å². The third-order valence-corrected chi connectivity index (χ3v) is 6.92. The Kier molecular flexibility index (Phi) is 6.09. The van der Waals surface area contributed by atoms with Crippen molar-refractivity contribution in [1.29, 1.82) is 0 Å². The first-order valence-electron chi connectivity index (χ1n) is 7.94. The molecule has 1 saturated carbocycles. The summed E-state index contributed by atoms with van der Waals surface area (Å²) in [6.07, 6.45) is 0.967. The van der Waals surface area contributed by atoms with Crippen molar-refractivity contribution in [2.45, 2.75) is 69.8 Å². The molecule has 1 fully saturated rings. The summed E-state index contributed by atoms with van der Waals surface area (Å²) in [4.78, 5) is 0.0541. The van der Waals surface area contributed by atoms with Crippen LogP contribution in [-0.4, -0.2) is 9.30 Å². The van der Waals surface area contributed by atoms with Crippen molar-refractivity contribution in [2.24, 2.45) is 5.92 Å². The van der Waals surface area contributed by atoms with E-state index >= 15 is 0 Å². The number of rotatable bonds is 4. The number of thiophene rings is 1. The Morgan fingerprint density at radius 3 is 2.26 bits per heavy atom. The highest BCUT2D eigenvalue weighted by molar-refractivity contribution is 7.90. The van der Waals surface area contributed by atoms with Crippen LogP contribution in [0.2, 0.25) is 0 Å². The summed E-state index contributed by atoms with van der Waals surface area (Å²) in [5.41, 5.74) is 0. The molecule has 132 valence electrons. The van der Waals surface area contributed by atoms with Gasteiger partial charge >= 0.3 is 6.18 Å². The van der Waals surface area contributed by atoms with Gasteiger partial charge in [-0.1, -0.05) is 19.3 Å². The van der Waals surface area contributed by atoms with Crippen LogP contribution in [0.15, 0.2) is 12.1 Å². The third-order valence-electron chi connectivity index (χ3n) is 4.12. The number of alkyl halides is 3. The first-order chi connectivity index (χ1) is 10.6. The highest BCUT2D eigenvalue weighted by Gasteiger charge is 2.37. The predicted octanol–water partition coefficient (Wildman–Crippen LogP) is 5.44. The van der Waals surface area contributed by atoms with E-state index in [-0.39, 0.29) is 12.0 Å². The molecule has 1 aromatic heterocycles. The lowest BCUT2D eigenvalue weighted by Crippen LogP contribution is -2.43. The fourth-order valence-electron chi connectivity index (χ4n) is 2.82. The van der Waals surface area contributed by atoms with Crippen LogP contribution in [0.4, 0.5) is 13.2 Å². The third kappa shape index (κ3) is 5.11. The van der Waals surface area contributed by atoms with E-state index in [1.165, 1.54) is 6.42 Å². The minimum atomic E-state index is -4.32. The fraction of sp³-hybridized carbons (Fsp3) is 0.750. The lowest BCUT2D eigenvalue weighted by Gasteiger charge is -2.33. The standard InChI is InChI=1S/C16H24F3NOS2/c1-15(2,3)23(21)20-14(11-7-5-4-6-8-11)12-9-10-13(22-12)16(17,18)19/h9-11,14,20H,4-8H2,1-3H3/t14-,23-/m0/s1. The van der Waals surface area contributed by atoms with Crippen molar-refractivity contribution < 1.29 is 17.7 Å². The molecule has 7 heteroatoms. The molecule has 0 unspecified atom stereocenters. The Hall–Kier alpha value is -0.240. The van der Waals surface area contributed by atoms with Gasteiger partial charge in [-0.25, -0.2) is 0 Å². The van der Waals surface area contributed by atoms with Crippen LogP contribution in [-0.2, 0) is 17.5 Å². The molecule has 0 radical (unpaired) electrons. The molecule has 1 N–H and O–H groups in total. The van der Waals surface area contributed by atoms with Crippen molar-refractivity contribution in [3.63, 3.8) is 0 Å². The van der Waals surface area contributed by atoms with Gasteiger partial charge in [-0.15, -0.1) is 16.1 Å². The maximum Gasteiger partial charge on any atom is 0.425 e. The molecule has 2 atom stereocenters. The minimum Gasteiger partial charge on any atom is -0.598 e. The number of nitrogens with one attached hydrogen (secondary N) is 1. The van der Waals surface area contributed by atoms with Crippen LogP contribution < -0.4 is 4.72 Å². The quantitative estimate of drug-likeness (QED) is 0.719. The summed E-state index contributed by atoms with van der Waals surface area (Å²) >= 11 is -0.534. The molecule has 1 heterocycles. The number of halogens is 3. The van der Waals surface area contributed by atoms with E-state index in [9.17, 15) is 17.7 Å². The second kappa shape index (κ2) is 7.33. The maximum absolute atomic E-state index is 12.9. The first-order valence-corrected chi connectivity index (χ1v) is 9.90.